The molecule has 0 saturated carbocycles. The van der Waals surface area contributed by atoms with Gasteiger partial charge in [-0.25, -0.2) is 0 Å². The quantitative estimate of drug-likeness (QED) is 0.722. The third kappa shape index (κ3) is 7.34. The number of hydrogen-bond acceptors (Lipinski definition) is 2. The van der Waals surface area contributed by atoms with Crippen LogP contribution in [0.15, 0.2) is 24.3 Å². The predicted molar refractivity (Wildman–Crippen MR) is 55.1 cm³/mol. The van der Waals surface area contributed by atoms with Crippen LogP contribution in [0.3, 0.4) is 0 Å². The molecule has 0 amide bonds. The van der Waals surface area contributed by atoms with Crippen molar-refractivity contribution < 1.29 is 9.84 Å². The molecule has 0 aliphatic carbocycles. The molecule has 2 nitrogen and oxygen atoms in total. The zero-order valence-electron chi connectivity index (χ0n) is 8.74. The van der Waals surface area contributed by atoms with E-state index in [-0.39, 0.29) is 6.10 Å². The van der Waals surface area contributed by atoms with E-state index in [0.717, 1.165) is 5.75 Å². The van der Waals surface area contributed by atoms with Crippen LogP contribution >= 0.6 is 0 Å². The molecule has 13 heavy (non-hydrogen) atoms. The second-order valence-electron chi connectivity index (χ2n) is 3.11. The molecule has 0 bridgehead atoms. The van der Waals surface area contributed by atoms with Crippen molar-refractivity contribution in [2.24, 2.45) is 0 Å². The van der Waals surface area contributed by atoms with Crippen molar-refractivity contribution in [3.8, 4) is 5.75 Å². The number of aryl methyl sites for hydroxylation is 1. The maximum atomic E-state index is 8.06. The fraction of sp³-hybridized carbons (Fsp3) is 0.455. The van der Waals surface area contributed by atoms with E-state index in [9.17, 15) is 0 Å². The van der Waals surface area contributed by atoms with Gasteiger partial charge in [-0.2, -0.15) is 0 Å². The highest BCUT2D eigenvalue weighted by molar-refractivity contribution is 5.27. The van der Waals surface area contributed by atoms with E-state index in [1.165, 1.54) is 5.56 Å². The van der Waals surface area contributed by atoms with Gasteiger partial charge in [-0.1, -0.05) is 12.1 Å². The molecule has 0 fully saturated rings. The number of methoxy groups -OCH3 is 1. The van der Waals surface area contributed by atoms with Crippen molar-refractivity contribution in [1.29, 1.82) is 0 Å². The molecule has 0 radical (unpaired) electrons. The van der Waals surface area contributed by atoms with Gasteiger partial charge in [0.05, 0.1) is 7.11 Å². The summed E-state index contributed by atoms with van der Waals surface area (Å²) in [6, 6.07) is 7.96. The molecule has 0 saturated heterocycles. The van der Waals surface area contributed by atoms with Crippen LogP contribution in [0.4, 0.5) is 0 Å². The lowest BCUT2D eigenvalue weighted by molar-refractivity contribution is 0.216. The molecule has 74 valence electrons. The molecule has 0 spiro atoms. The molecule has 1 aromatic rings. The monoisotopic (exact) mass is 182 g/mol. The maximum Gasteiger partial charge on any atom is 0.119 e. The van der Waals surface area contributed by atoms with Gasteiger partial charge in [0.2, 0.25) is 0 Å². The van der Waals surface area contributed by atoms with E-state index in [0.29, 0.717) is 0 Å². The fourth-order valence-corrected chi connectivity index (χ4v) is 0.742. The van der Waals surface area contributed by atoms with E-state index >= 15 is 0 Å². The highest BCUT2D eigenvalue weighted by Gasteiger charge is 1.86. The first kappa shape index (κ1) is 12.0. The Kier molecular flexibility index (Phi) is 5.98. The Labute approximate surface area is 80.2 Å². The van der Waals surface area contributed by atoms with Crippen molar-refractivity contribution in [3.63, 3.8) is 0 Å². The number of hydrogen-bond donors (Lipinski definition) is 1. The standard InChI is InChI=1S/C8H10O.C3H8O/c1-7-4-3-5-8(6-7)9-2;1-3(2)4/h3-6H,1-2H3;3-4H,1-2H3. The van der Waals surface area contributed by atoms with Crippen molar-refractivity contribution in [1.82, 2.24) is 0 Å². The molecule has 2 heteroatoms. The Morgan fingerprint density at radius 2 is 1.85 bits per heavy atom. The van der Waals surface area contributed by atoms with Crippen LogP contribution in [-0.4, -0.2) is 18.3 Å². The average molecular weight is 182 g/mol. The summed E-state index contributed by atoms with van der Waals surface area (Å²) < 4.78 is 5.00. The van der Waals surface area contributed by atoms with Crippen molar-refractivity contribution in [2.75, 3.05) is 7.11 Å². The molecular weight excluding hydrogens is 164 g/mol. The highest BCUT2D eigenvalue weighted by Crippen LogP contribution is 2.10. The highest BCUT2D eigenvalue weighted by atomic mass is 16.5. The second kappa shape index (κ2) is 6.49. The van der Waals surface area contributed by atoms with Crippen LogP contribution in [0, 0.1) is 6.92 Å². The summed E-state index contributed by atoms with van der Waals surface area (Å²) in [7, 11) is 1.68. The molecule has 0 aliphatic heterocycles. The molecule has 0 unspecified atom stereocenters. The fourth-order valence-electron chi connectivity index (χ4n) is 0.742. The maximum absolute atomic E-state index is 8.06. The van der Waals surface area contributed by atoms with Gasteiger partial charge in [0.25, 0.3) is 0 Å². The summed E-state index contributed by atoms with van der Waals surface area (Å²) in [5.74, 6) is 0.926. The first-order chi connectivity index (χ1) is 6.06. The summed E-state index contributed by atoms with van der Waals surface area (Å²) in [5.41, 5.74) is 1.23. The Balaban J connectivity index is 0.000000310. The van der Waals surface area contributed by atoms with Gasteiger partial charge in [-0.15, -0.1) is 0 Å². The Morgan fingerprint density at radius 3 is 2.15 bits per heavy atom. The van der Waals surface area contributed by atoms with Gasteiger partial charge in [-0.05, 0) is 38.5 Å². The summed E-state index contributed by atoms with van der Waals surface area (Å²) in [5, 5.41) is 8.06. The molecule has 0 heterocycles. The minimum Gasteiger partial charge on any atom is -0.497 e. The first-order valence-corrected chi connectivity index (χ1v) is 4.35. The Hall–Kier alpha value is -1.02. The zero-order chi connectivity index (χ0) is 10.3. The van der Waals surface area contributed by atoms with Crippen LogP contribution in [0.2, 0.25) is 0 Å². The first-order valence-electron chi connectivity index (χ1n) is 4.35. The zero-order valence-corrected chi connectivity index (χ0v) is 8.74. The van der Waals surface area contributed by atoms with Gasteiger partial charge in [0.15, 0.2) is 0 Å². The largest absolute Gasteiger partial charge is 0.497 e. The molecule has 1 rings (SSSR count). The number of rotatable bonds is 1. The number of aliphatic hydroxyl groups is 1. The van der Waals surface area contributed by atoms with Crippen LogP contribution in [-0.2, 0) is 0 Å². The van der Waals surface area contributed by atoms with Gasteiger partial charge < -0.3 is 9.84 Å². The van der Waals surface area contributed by atoms with Crippen LogP contribution in [0.25, 0.3) is 0 Å². The molecular formula is C11H18O2. The molecule has 0 aliphatic rings. The van der Waals surface area contributed by atoms with E-state index in [1.807, 2.05) is 31.2 Å². The number of aliphatic hydroxyl groups excluding tert-OH is 1. The van der Waals surface area contributed by atoms with E-state index in [1.54, 1.807) is 21.0 Å². The van der Waals surface area contributed by atoms with E-state index in [4.69, 9.17) is 9.84 Å². The minimum atomic E-state index is -0.167. The average Bonchev–Trinajstić information content (AvgIpc) is 2.03. The second-order valence-corrected chi connectivity index (χ2v) is 3.11. The summed E-state index contributed by atoms with van der Waals surface area (Å²) in [4.78, 5) is 0. The number of benzene rings is 1. The van der Waals surface area contributed by atoms with Gasteiger partial charge in [0.1, 0.15) is 5.75 Å². The van der Waals surface area contributed by atoms with Crippen LogP contribution in [0.1, 0.15) is 19.4 Å². The van der Waals surface area contributed by atoms with Gasteiger partial charge in [0, 0.05) is 6.10 Å². The van der Waals surface area contributed by atoms with Gasteiger partial charge in [-0.3, -0.25) is 0 Å². The summed E-state index contributed by atoms with van der Waals surface area (Å²) >= 11 is 0. The van der Waals surface area contributed by atoms with E-state index < -0.39 is 0 Å². The molecule has 0 atom stereocenters. The summed E-state index contributed by atoms with van der Waals surface area (Å²) in [6.07, 6.45) is -0.167. The smallest absolute Gasteiger partial charge is 0.119 e. The topological polar surface area (TPSA) is 29.5 Å². The predicted octanol–water partition coefficient (Wildman–Crippen LogP) is 2.39. The third-order valence-corrected chi connectivity index (χ3v) is 1.23. The molecule has 1 aromatic carbocycles. The van der Waals surface area contributed by atoms with Crippen molar-refractivity contribution in [2.45, 2.75) is 26.9 Å². The van der Waals surface area contributed by atoms with Crippen LogP contribution < -0.4 is 4.74 Å². The lowest BCUT2D eigenvalue weighted by atomic mass is 10.2. The van der Waals surface area contributed by atoms with E-state index in [2.05, 4.69) is 0 Å². The Morgan fingerprint density at radius 1 is 1.31 bits per heavy atom. The molecule has 1 N–H and O–H groups in total. The SMILES string of the molecule is CC(C)O.COc1cccc(C)c1. The normalized spacial score (nSPS) is 9.08. The lowest BCUT2D eigenvalue weighted by Crippen LogP contribution is -1.85. The minimum absolute atomic E-state index is 0.167. The van der Waals surface area contributed by atoms with Gasteiger partial charge >= 0.3 is 0 Å². The van der Waals surface area contributed by atoms with Crippen LogP contribution in [0.5, 0.6) is 5.75 Å². The lowest BCUT2D eigenvalue weighted by Gasteiger charge is -1.97. The van der Waals surface area contributed by atoms with Crippen molar-refractivity contribution >= 4 is 0 Å². The summed E-state index contributed by atoms with van der Waals surface area (Å²) in [6.45, 7) is 5.49. The molecule has 0 aromatic heterocycles. The van der Waals surface area contributed by atoms with Crippen molar-refractivity contribution in [3.05, 3.63) is 29.8 Å². The number of ether oxygens (including phenoxy) is 1. The third-order valence-electron chi connectivity index (χ3n) is 1.23. The Bertz CT molecular complexity index is 229.